The van der Waals surface area contributed by atoms with Gasteiger partial charge in [-0.3, -0.25) is 19.7 Å². The summed E-state index contributed by atoms with van der Waals surface area (Å²) in [4.78, 5) is 37.5. The molecule has 1 N–H and O–H groups in total. The molecule has 1 fully saturated rings. The van der Waals surface area contributed by atoms with Crippen molar-refractivity contribution in [2.45, 2.75) is 6.42 Å². The first-order valence-corrected chi connectivity index (χ1v) is 9.75. The highest BCUT2D eigenvalue weighted by atomic mass is 35.5. The third-order valence-corrected chi connectivity index (χ3v) is 5.42. The monoisotopic (exact) mass is 414 g/mol. The number of imide groups is 1. The SMILES string of the molecule is O=C1NC(=O)/C(=C/c2ccc3c(c2)N(CCc2cccc(Cl)c2)C(=O)CO3)S1. The van der Waals surface area contributed by atoms with Crippen LogP contribution in [0.5, 0.6) is 5.75 Å². The van der Waals surface area contributed by atoms with E-state index >= 15 is 0 Å². The molecule has 0 bridgehead atoms. The molecule has 4 rings (SSSR count). The van der Waals surface area contributed by atoms with Crippen LogP contribution in [0.3, 0.4) is 0 Å². The zero-order valence-electron chi connectivity index (χ0n) is 14.6. The number of hydrogen-bond donors (Lipinski definition) is 1. The van der Waals surface area contributed by atoms with Crippen molar-refractivity contribution < 1.29 is 19.1 Å². The Bertz CT molecular complexity index is 1020. The number of nitrogens with one attached hydrogen (secondary N) is 1. The summed E-state index contributed by atoms with van der Waals surface area (Å²) in [6, 6.07) is 12.9. The van der Waals surface area contributed by atoms with Gasteiger partial charge < -0.3 is 9.64 Å². The first-order valence-electron chi connectivity index (χ1n) is 8.56. The minimum Gasteiger partial charge on any atom is -0.482 e. The molecule has 0 unspecified atom stereocenters. The smallest absolute Gasteiger partial charge is 0.290 e. The average Bonchev–Trinajstić information content (AvgIpc) is 2.98. The molecule has 0 atom stereocenters. The lowest BCUT2D eigenvalue weighted by molar-refractivity contribution is -0.121. The molecule has 3 amide bonds. The highest BCUT2D eigenvalue weighted by molar-refractivity contribution is 8.18. The van der Waals surface area contributed by atoms with Crippen LogP contribution in [0.25, 0.3) is 6.08 Å². The summed E-state index contributed by atoms with van der Waals surface area (Å²) >= 11 is 6.89. The molecule has 2 aromatic carbocycles. The van der Waals surface area contributed by atoms with Crippen molar-refractivity contribution >= 4 is 52.2 Å². The molecule has 142 valence electrons. The largest absolute Gasteiger partial charge is 0.482 e. The Morgan fingerprint density at radius 3 is 2.79 bits per heavy atom. The second-order valence-electron chi connectivity index (χ2n) is 6.29. The highest BCUT2D eigenvalue weighted by Crippen LogP contribution is 2.35. The van der Waals surface area contributed by atoms with Gasteiger partial charge in [0.25, 0.3) is 17.1 Å². The molecule has 2 aromatic rings. The van der Waals surface area contributed by atoms with Crippen LogP contribution in [-0.4, -0.2) is 30.2 Å². The summed E-state index contributed by atoms with van der Waals surface area (Å²) in [5.41, 5.74) is 2.38. The van der Waals surface area contributed by atoms with Gasteiger partial charge in [0.05, 0.1) is 10.6 Å². The van der Waals surface area contributed by atoms with E-state index in [1.807, 2.05) is 24.3 Å². The number of thioether (sulfide) groups is 1. The number of benzene rings is 2. The molecule has 0 radical (unpaired) electrons. The summed E-state index contributed by atoms with van der Waals surface area (Å²) in [6.45, 7) is 0.457. The minimum absolute atomic E-state index is 0.0181. The van der Waals surface area contributed by atoms with Crippen LogP contribution in [0.4, 0.5) is 10.5 Å². The first kappa shape index (κ1) is 18.6. The maximum Gasteiger partial charge on any atom is 0.290 e. The Morgan fingerprint density at radius 1 is 1.18 bits per heavy atom. The number of rotatable bonds is 4. The van der Waals surface area contributed by atoms with Gasteiger partial charge in [0.1, 0.15) is 5.75 Å². The van der Waals surface area contributed by atoms with Crippen molar-refractivity contribution in [1.82, 2.24) is 5.32 Å². The number of ether oxygens (including phenoxy) is 1. The van der Waals surface area contributed by atoms with Gasteiger partial charge in [0, 0.05) is 11.6 Å². The minimum atomic E-state index is -0.419. The zero-order valence-corrected chi connectivity index (χ0v) is 16.2. The Labute approximate surface area is 170 Å². The van der Waals surface area contributed by atoms with Gasteiger partial charge in [-0.15, -0.1) is 0 Å². The summed E-state index contributed by atoms with van der Waals surface area (Å²) < 4.78 is 5.53. The first-order chi connectivity index (χ1) is 13.5. The van der Waals surface area contributed by atoms with Gasteiger partial charge in [-0.1, -0.05) is 29.8 Å². The quantitative estimate of drug-likeness (QED) is 0.773. The van der Waals surface area contributed by atoms with Crippen molar-refractivity contribution in [3.05, 3.63) is 63.5 Å². The lowest BCUT2D eigenvalue weighted by atomic mass is 10.1. The third kappa shape index (κ3) is 3.90. The summed E-state index contributed by atoms with van der Waals surface area (Å²) in [5, 5.41) is 2.49. The molecule has 6 nitrogen and oxygen atoms in total. The van der Waals surface area contributed by atoms with E-state index in [1.165, 1.54) is 0 Å². The average molecular weight is 415 g/mol. The molecule has 8 heteroatoms. The number of nitrogens with zero attached hydrogens (tertiary/aromatic N) is 1. The van der Waals surface area contributed by atoms with Crippen LogP contribution in [0.2, 0.25) is 5.02 Å². The number of halogens is 1. The van der Waals surface area contributed by atoms with Crippen LogP contribution in [0.1, 0.15) is 11.1 Å². The maximum atomic E-state index is 12.4. The molecular weight excluding hydrogens is 400 g/mol. The van der Waals surface area contributed by atoms with E-state index in [0.29, 0.717) is 39.9 Å². The van der Waals surface area contributed by atoms with Crippen molar-refractivity contribution in [1.29, 1.82) is 0 Å². The van der Waals surface area contributed by atoms with Gasteiger partial charge in [-0.2, -0.15) is 0 Å². The van der Waals surface area contributed by atoms with E-state index in [2.05, 4.69) is 5.32 Å². The lowest BCUT2D eigenvalue weighted by Gasteiger charge is -2.29. The van der Waals surface area contributed by atoms with Gasteiger partial charge in [0.2, 0.25) is 0 Å². The number of anilines is 1. The zero-order chi connectivity index (χ0) is 19.7. The molecule has 28 heavy (non-hydrogen) atoms. The van der Waals surface area contributed by atoms with Gasteiger partial charge in [-0.25, -0.2) is 0 Å². The number of carbonyl (C=O) groups is 3. The van der Waals surface area contributed by atoms with Crippen molar-refractivity contribution in [3.8, 4) is 5.75 Å². The predicted molar refractivity (Wildman–Crippen MR) is 109 cm³/mol. The Hall–Kier alpha value is -2.77. The molecular formula is C20H15ClN2O4S. The van der Waals surface area contributed by atoms with Crippen LogP contribution < -0.4 is 15.0 Å². The summed E-state index contributed by atoms with van der Waals surface area (Å²) in [7, 11) is 0. The standard InChI is InChI=1S/C20H15ClN2O4S/c21-14-3-1-2-12(8-14)6-7-23-15-9-13(4-5-16(15)27-11-18(23)24)10-17-19(25)22-20(26)28-17/h1-5,8-10H,6-7,11H2,(H,22,25,26)/b17-10-. The predicted octanol–water partition coefficient (Wildman–Crippen LogP) is 3.63. The fourth-order valence-electron chi connectivity index (χ4n) is 3.06. The topological polar surface area (TPSA) is 75.7 Å². The molecule has 2 aliphatic rings. The number of fused-ring (bicyclic) bond motifs is 1. The normalized spacial score (nSPS) is 17.5. The molecule has 0 aromatic heterocycles. The third-order valence-electron chi connectivity index (χ3n) is 4.38. The summed E-state index contributed by atoms with van der Waals surface area (Å²) in [5.74, 6) is 0.0489. The maximum absolute atomic E-state index is 12.4. The molecule has 0 saturated carbocycles. The second-order valence-corrected chi connectivity index (χ2v) is 7.74. The number of amides is 3. The molecule has 0 aliphatic carbocycles. The van der Waals surface area contributed by atoms with Crippen LogP contribution in [-0.2, 0) is 16.0 Å². The second kappa shape index (κ2) is 7.69. The highest BCUT2D eigenvalue weighted by Gasteiger charge is 2.27. The van der Waals surface area contributed by atoms with E-state index in [0.717, 1.165) is 17.3 Å². The van der Waals surface area contributed by atoms with Gasteiger partial charge in [-0.05, 0) is 59.7 Å². The lowest BCUT2D eigenvalue weighted by Crippen LogP contribution is -2.40. The summed E-state index contributed by atoms with van der Waals surface area (Å²) in [6.07, 6.45) is 2.27. The molecule has 1 saturated heterocycles. The van der Waals surface area contributed by atoms with Crippen molar-refractivity contribution in [2.24, 2.45) is 0 Å². The van der Waals surface area contributed by atoms with Crippen LogP contribution >= 0.6 is 23.4 Å². The van der Waals surface area contributed by atoms with Crippen molar-refractivity contribution in [2.75, 3.05) is 18.1 Å². The van der Waals surface area contributed by atoms with E-state index in [-0.39, 0.29) is 12.5 Å². The van der Waals surface area contributed by atoms with E-state index in [9.17, 15) is 14.4 Å². The molecule has 2 heterocycles. The Morgan fingerprint density at radius 2 is 2.04 bits per heavy atom. The fourth-order valence-corrected chi connectivity index (χ4v) is 3.95. The number of hydrogen-bond acceptors (Lipinski definition) is 5. The van der Waals surface area contributed by atoms with E-state index < -0.39 is 11.1 Å². The van der Waals surface area contributed by atoms with E-state index in [4.69, 9.17) is 16.3 Å². The number of carbonyl (C=O) groups excluding carboxylic acids is 3. The fraction of sp³-hybridized carbons (Fsp3) is 0.150. The van der Waals surface area contributed by atoms with Gasteiger partial charge >= 0.3 is 0 Å². The van der Waals surface area contributed by atoms with Gasteiger partial charge in [0.15, 0.2) is 6.61 Å². The van der Waals surface area contributed by atoms with Crippen molar-refractivity contribution in [3.63, 3.8) is 0 Å². The molecule has 0 spiro atoms. The Balaban J connectivity index is 1.60. The molecule has 2 aliphatic heterocycles. The Kier molecular flexibility index (Phi) is 5.11. The van der Waals surface area contributed by atoms with Crippen LogP contribution in [0, 0.1) is 0 Å². The van der Waals surface area contributed by atoms with E-state index in [1.54, 1.807) is 29.2 Å². The van der Waals surface area contributed by atoms with Crippen LogP contribution in [0.15, 0.2) is 47.4 Å².